The second kappa shape index (κ2) is 6.71. The van der Waals surface area contributed by atoms with E-state index in [9.17, 15) is 18.4 Å². The third kappa shape index (κ3) is 2.49. The fraction of sp³-hybridized carbons (Fsp3) is 0.409. The number of carbonyl (C=O) groups is 2. The van der Waals surface area contributed by atoms with E-state index >= 15 is 0 Å². The highest BCUT2D eigenvalue weighted by atomic mass is 19.2. The molecule has 9 heteroatoms. The molecule has 0 spiro atoms. The van der Waals surface area contributed by atoms with Crippen LogP contribution in [0.3, 0.4) is 0 Å². The number of ether oxygens (including phenoxy) is 3. The molecule has 1 aromatic heterocycles. The molecule has 2 aromatic rings. The van der Waals surface area contributed by atoms with Crippen LogP contribution in [0.5, 0.6) is 5.75 Å². The van der Waals surface area contributed by atoms with Crippen LogP contribution >= 0.6 is 0 Å². The number of hydrogen-bond donors (Lipinski definition) is 1. The fourth-order valence-electron chi connectivity index (χ4n) is 5.55. The van der Waals surface area contributed by atoms with Gasteiger partial charge in [0.05, 0.1) is 31.8 Å². The Balaban J connectivity index is 1.52. The third-order valence-corrected chi connectivity index (χ3v) is 6.90. The molecule has 4 atom stereocenters. The summed E-state index contributed by atoms with van der Waals surface area (Å²) in [6.45, 7) is 0. The highest BCUT2D eigenvalue weighted by molar-refractivity contribution is 6.02. The van der Waals surface area contributed by atoms with Gasteiger partial charge in [0.2, 0.25) is 11.7 Å². The minimum absolute atomic E-state index is 0.0614. The van der Waals surface area contributed by atoms with E-state index in [0.29, 0.717) is 24.1 Å². The Morgan fingerprint density at radius 2 is 1.97 bits per heavy atom. The van der Waals surface area contributed by atoms with Crippen molar-refractivity contribution in [1.29, 1.82) is 0 Å². The van der Waals surface area contributed by atoms with Crippen molar-refractivity contribution < 1.29 is 32.6 Å². The number of methoxy groups -OCH3 is 2. The molecule has 31 heavy (non-hydrogen) atoms. The van der Waals surface area contributed by atoms with E-state index in [0.717, 1.165) is 12.5 Å². The van der Waals surface area contributed by atoms with Crippen LogP contribution in [0.25, 0.3) is 0 Å². The number of benzene rings is 1. The monoisotopic (exact) mass is 430 g/mol. The molecule has 1 N–H and O–H groups in total. The summed E-state index contributed by atoms with van der Waals surface area (Å²) >= 11 is 0. The van der Waals surface area contributed by atoms with Crippen molar-refractivity contribution >= 4 is 17.6 Å². The van der Waals surface area contributed by atoms with E-state index in [-0.39, 0.29) is 29.6 Å². The van der Waals surface area contributed by atoms with Crippen LogP contribution in [0.2, 0.25) is 0 Å². The number of amides is 1. The molecule has 2 bridgehead atoms. The van der Waals surface area contributed by atoms with Gasteiger partial charge in [-0.15, -0.1) is 0 Å². The number of aromatic nitrogens is 1. The molecule has 2 aliphatic heterocycles. The number of esters is 1. The number of fused-ring (bicyclic) bond motifs is 5. The lowest BCUT2D eigenvalue weighted by Gasteiger charge is -2.28. The van der Waals surface area contributed by atoms with Gasteiger partial charge in [-0.25, -0.2) is 14.2 Å². The molecular weight excluding hydrogens is 410 g/mol. The van der Waals surface area contributed by atoms with Crippen molar-refractivity contribution in [2.24, 2.45) is 5.41 Å². The Hall–Kier alpha value is -3.07. The molecular formula is C22H20F2N2O5. The Kier molecular flexibility index (Phi) is 4.30. The number of nitrogens with one attached hydrogen (secondary N) is 1. The zero-order chi connectivity index (χ0) is 22.0. The van der Waals surface area contributed by atoms with Crippen LogP contribution in [-0.2, 0) is 19.7 Å². The summed E-state index contributed by atoms with van der Waals surface area (Å²) in [4.78, 5) is 29.2. The summed E-state index contributed by atoms with van der Waals surface area (Å²) in [5.74, 6) is -3.19. The van der Waals surface area contributed by atoms with Crippen LogP contribution in [0.4, 0.5) is 14.5 Å². The Morgan fingerprint density at radius 3 is 2.71 bits per heavy atom. The molecule has 3 unspecified atom stereocenters. The van der Waals surface area contributed by atoms with Gasteiger partial charge in [-0.2, -0.15) is 4.39 Å². The zero-order valence-corrected chi connectivity index (χ0v) is 16.9. The number of anilines is 1. The van der Waals surface area contributed by atoms with E-state index in [4.69, 9.17) is 9.47 Å². The maximum absolute atomic E-state index is 14.5. The first-order valence-electron chi connectivity index (χ1n) is 9.93. The minimum atomic E-state index is -1.07. The summed E-state index contributed by atoms with van der Waals surface area (Å²) in [5, 5.41) is 2.85. The number of rotatable bonds is 5. The molecule has 5 rings (SSSR count). The summed E-state index contributed by atoms with van der Waals surface area (Å²) < 4.78 is 44.3. The quantitative estimate of drug-likeness (QED) is 0.734. The van der Waals surface area contributed by atoms with Crippen LogP contribution in [0, 0.1) is 17.0 Å². The van der Waals surface area contributed by atoms with Gasteiger partial charge in [-0.3, -0.25) is 4.79 Å². The SMILES string of the molecule is COC(=O)c1cc(NC(=O)C23CC2(c2ccc(F)c(F)c2OC)[C@H]2CCC3O2)ccn1. The van der Waals surface area contributed by atoms with Gasteiger partial charge in [0, 0.05) is 22.9 Å². The molecule has 3 aliphatic rings. The molecule has 7 nitrogen and oxygen atoms in total. The summed E-state index contributed by atoms with van der Waals surface area (Å²) in [7, 11) is 2.52. The molecule has 2 saturated heterocycles. The Labute approximate surface area is 176 Å². The minimum Gasteiger partial charge on any atom is -0.493 e. The predicted octanol–water partition coefficient (Wildman–Crippen LogP) is 2.98. The predicted molar refractivity (Wildman–Crippen MR) is 104 cm³/mol. The molecule has 1 aliphatic carbocycles. The summed E-state index contributed by atoms with van der Waals surface area (Å²) in [6, 6.07) is 5.53. The van der Waals surface area contributed by atoms with Gasteiger partial charge >= 0.3 is 5.97 Å². The highest BCUT2D eigenvalue weighted by Crippen LogP contribution is 2.78. The van der Waals surface area contributed by atoms with E-state index in [2.05, 4.69) is 15.0 Å². The van der Waals surface area contributed by atoms with Gasteiger partial charge in [0.1, 0.15) is 5.69 Å². The smallest absolute Gasteiger partial charge is 0.356 e. The number of pyridine rings is 1. The van der Waals surface area contributed by atoms with Gasteiger partial charge < -0.3 is 19.5 Å². The second-order valence-electron chi connectivity index (χ2n) is 8.13. The van der Waals surface area contributed by atoms with Crippen molar-refractivity contribution in [2.45, 2.75) is 36.9 Å². The van der Waals surface area contributed by atoms with Gasteiger partial charge in [0.25, 0.3) is 0 Å². The normalized spacial score (nSPS) is 29.9. The number of nitrogens with zero attached hydrogens (tertiary/aromatic N) is 1. The molecule has 1 saturated carbocycles. The van der Waals surface area contributed by atoms with Crippen molar-refractivity contribution in [1.82, 2.24) is 4.98 Å². The zero-order valence-electron chi connectivity index (χ0n) is 16.9. The maximum atomic E-state index is 14.5. The fourth-order valence-corrected chi connectivity index (χ4v) is 5.55. The van der Waals surface area contributed by atoms with E-state index in [1.54, 1.807) is 6.07 Å². The van der Waals surface area contributed by atoms with Gasteiger partial charge in [-0.05, 0) is 37.5 Å². The molecule has 3 fully saturated rings. The Morgan fingerprint density at radius 1 is 1.19 bits per heavy atom. The molecule has 162 valence electrons. The van der Waals surface area contributed by atoms with Crippen LogP contribution in [0.15, 0.2) is 30.5 Å². The van der Waals surface area contributed by atoms with E-state index < -0.39 is 28.4 Å². The van der Waals surface area contributed by atoms with Gasteiger partial charge in [-0.1, -0.05) is 6.07 Å². The van der Waals surface area contributed by atoms with E-state index in [1.165, 1.54) is 32.5 Å². The first-order valence-corrected chi connectivity index (χ1v) is 9.93. The molecule has 0 radical (unpaired) electrons. The van der Waals surface area contributed by atoms with Crippen LogP contribution in [-0.4, -0.2) is 43.3 Å². The van der Waals surface area contributed by atoms with Crippen molar-refractivity contribution in [3.8, 4) is 5.75 Å². The average molecular weight is 430 g/mol. The van der Waals surface area contributed by atoms with Crippen molar-refractivity contribution in [3.63, 3.8) is 0 Å². The first-order chi connectivity index (χ1) is 14.9. The van der Waals surface area contributed by atoms with Crippen LogP contribution in [0.1, 0.15) is 35.3 Å². The lowest BCUT2D eigenvalue weighted by molar-refractivity contribution is -0.124. The van der Waals surface area contributed by atoms with E-state index in [1.807, 2.05) is 0 Å². The summed E-state index contributed by atoms with van der Waals surface area (Å²) in [6.07, 6.45) is 2.65. The lowest BCUT2D eigenvalue weighted by Crippen LogP contribution is -2.39. The maximum Gasteiger partial charge on any atom is 0.356 e. The van der Waals surface area contributed by atoms with Crippen molar-refractivity contribution in [3.05, 3.63) is 53.4 Å². The lowest BCUT2D eigenvalue weighted by atomic mass is 9.74. The second-order valence-corrected chi connectivity index (χ2v) is 8.13. The number of hydrogen-bond acceptors (Lipinski definition) is 6. The standard InChI is InChI=1S/C22H20F2N2O5/c1-29-18-12(3-4-13(23)17(18)24)21-10-22(21,16-6-5-15(21)31-16)20(28)26-11-7-8-25-14(9-11)19(27)30-2/h3-4,7-9,15-16H,5-6,10H2,1-2H3,(H,25,26,28)/t15-,16?,21?,22?/m1/s1. The largest absolute Gasteiger partial charge is 0.493 e. The van der Waals surface area contributed by atoms with Crippen molar-refractivity contribution in [2.75, 3.05) is 19.5 Å². The molecule has 1 aromatic carbocycles. The molecule has 3 heterocycles. The topological polar surface area (TPSA) is 86.8 Å². The third-order valence-electron chi connectivity index (χ3n) is 6.90. The molecule has 1 amide bonds. The van der Waals surface area contributed by atoms with Gasteiger partial charge in [0.15, 0.2) is 11.6 Å². The number of halogens is 2. The Bertz CT molecular complexity index is 1110. The number of carbonyl (C=O) groups excluding carboxylic acids is 2. The van der Waals surface area contributed by atoms with Crippen LogP contribution < -0.4 is 10.1 Å². The highest BCUT2D eigenvalue weighted by Gasteiger charge is 2.85. The summed E-state index contributed by atoms with van der Waals surface area (Å²) in [5.41, 5.74) is -0.830. The first kappa shape index (κ1) is 19.9. The average Bonchev–Trinajstić information content (AvgIpc) is 3.17.